The number of pyridine rings is 1. The molecular weight excluding hydrogens is 395 g/mol. The summed E-state index contributed by atoms with van der Waals surface area (Å²) in [5.41, 5.74) is 7.24. The van der Waals surface area contributed by atoms with E-state index < -0.39 is 11.7 Å². The number of hydrogen-bond acceptors (Lipinski definition) is 5. The molecule has 6 nitrogen and oxygen atoms in total. The van der Waals surface area contributed by atoms with E-state index in [1.54, 1.807) is 33.5 Å². The van der Waals surface area contributed by atoms with Gasteiger partial charge in [0.05, 0.1) is 16.7 Å². The molecule has 1 amide bonds. The van der Waals surface area contributed by atoms with Crippen LogP contribution in [0.5, 0.6) is 0 Å². The van der Waals surface area contributed by atoms with E-state index in [0.29, 0.717) is 10.6 Å². The number of nitrogens with zero attached hydrogens (tertiary/aromatic N) is 2. The molecule has 3 N–H and O–H groups in total. The molecule has 2 atom stereocenters. The second kappa shape index (κ2) is 7.15. The number of ether oxygens (including phenoxy) is 1. The Morgan fingerprint density at radius 1 is 1.41 bits per heavy atom. The Morgan fingerprint density at radius 2 is 2.17 bits per heavy atom. The summed E-state index contributed by atoms with van der Waals surface area (Å²) in [5.74, 6) is -0.451. The Labute approximate surface area is 174 Å². The number of anilines is 2. The fourth-order valence-electron chi connectivity index (χ4n) is 4.54. The Kier molecular flexibility index (Phi) is 4.91. The van der Waals surface area contributed by atoms with Gasteiger partial charge in [-0.05, 0) is 31.4 Å². The monoisotopic (exact) mass is 418 g/mol. The van der Waals surface area contributed by atoms with Gasteiger partial charge < -0.3 is 20.7 Å². The van der Waals surface area contributed by atoms with E-state index in [1.807, 2.05) is 0 Å². The average molecular weight is 419 g/mol. The highest BCUT2D eigenvalue weighted by Crippen LogP contribution is 2.52. The number of nitrogens with two attached hydrogens (primary N) is 1. The third-order valence-corrected chi connectivity index (χ3v) is 6.51. The highest BCUT2D eigenvalue weighted by molar-refractivity contribution is 6.34. The molecule has 4 rings (SSSR count). The summed E-state index contributed by atoms with van der Waals surface area (Å²) in [6.07, 6.45) is 4.41. The van der Waals surface area contributed by atoms with Gasteiger partial charge in [-0.15, -0.1) is 0 Å². The van der Waals surface area contributed by atoms with Crippen molar-refractivity contribution < 1.29 is 13.9 Å². The number of nitrogens with one attached hydrogen (secondary N) is 1. The molecule has 2 aromatic rings. The van der Waals surface area contributed by atoms with Crippen molar-refractivity contribution >= 4 is 29.0 Å². The first-order chi connectivity index (χ1) is 13.8. The molecule has 0 saturated heterocycles. The Hall–Kier alpha value is -2.38. The maximum absolute atomic E-state index is 15.4. The molecule has 29 heavy (non-hydrogen) atoms. The lowest BCUT2D eigenvalue weighted by molar-refractivity contribution is 0.0824. The third-order valence-electron chi connectivity index (χ3n) is 6.12. The topological polar surface area (TPSA) is 80.5 Å². The predicted octanol–water partition coefficient (Wildman–Crippen LogP) is 3.69. The number of benzene rings is 1. The van der Waals surface area contributed by atoms with E-state index in [1.165, 1.54) is 11.0 Å². The SMILES string of the molecule is COC1CCC2(CNc3ncc(-c4ccc(N)c(C(=O)N(C)C)c4F)c(Cl)c32)C1. The normalized spacial score (nSPS) is 22.6. The molecule has 1 aliphatic carbocycles. The molecule has 1 fully saturated rings. The van der Waals surface area contributed by atoms with E-state index in [0.717, 1.165) is 37.2 Å². The molecule has 1 aliphatic heterocycles. The molecule has 0 radical (unpaired) electrons. The second-order valence-electron chi connectivity index (χ2n) is 8.03. The van der Waals surface area contributed by atoms with Crippen molar-refractivity contribution in [2.24, 2.45) is 0 Å². The zero-order chi connectivity index (χ0) is 20.9. The van der Waals surface area contributed by atoms with Crippen LogP contribution in [0.2, 0.25) is 5.02 Å². The molecule has 1 spiro atoms. The molecule has 8 heteroatoms. The first-order valence-electron chi connectivity index (χ1n) is 9.54. The van der Waals surface area contributed by atoms with Crippen LogP contribution in [0.3, 0.4) is 0 Å². The predicted molar refractivity (Wildman–Crippen MR) is 112 cm³/mol. The van der Waals surface area contributed by atoms with Gasteiger partial charge in [-0.25, -0.2) is 9.37 Å². The molecule has 0 bridgehead atoms. The van der Waals surface area contributed by atoms with Crippen molar-refractivity contribution in [3.05, 3.63) is 40.3 Å². The highest BCUT2D eigenvalue weighted by atomic mass is 35.5. The summed E-state index contributed by atoms with van der Waals surface area (Å²) >= 11 is 6.84. The van der Waals surface area contributed by atoms with Crippen molar-refractivity contribution in [3.8, 4) is 11.1 Å². The lowest BCUT2D eigenvalue weighted by Gasteiger charge is -2.25. The van der Waals surface area contributed by atoms with E-state index >= 15 is 4.39 Å². The fraction of sp³-hybridized carbons (Fsp3) is 0.429. The van der Waals surface area contributed by atoms with Gasteiger partial charge in [0.2, 0.25) is 0 Å². The van der Waals surface area contributed by atoms with Crippen molar-refractivity contribution in [2.45, 2.75) is 30.8 Å². The van der Waals surface area contributed by atoms with Crippen LogP contribution >= 0.6 is 11.6 Å². The largest absolute Gasteiger partial charge is 0.398 e. The van der Waals surface area contributed by atoms with Crippen LogP contribution in [0.15, 0.2) is 18.3 Å². The number of hydrogen-bond donors (Lipinski definition) is 2. The molecule has 1 aromatic carbocycles. The van der Waals surface area contributed by atoms with Crippen LogP contribution in [0.25, 0.3) is 11.1 Å². The molecular formula is C21H24ClFN4O2. The minimum absolute atomic E-state index is 0.0899. The summed E-state index contributed by atoms with van der Waals surface area (Å²) in [7, 11) is 4.83. The maximum atomic E-state index is 15.4. The van der Waals surface area contributed by atoms with E-state index in [-0.39, 0.29) is 28.3 Å². The zero-order valence-corrected chi connectivity index (χ0v) is 17.4. The first kappa shape index (κ1) is 19.9. The lowest BCUT2D eigenvalue weighted by Crippen LogP contribution is -2.26. The van der Waals surface area contributed by atoms with Crippen molar-refractivity contribution in [3.63, 3.8) is 0 Å². The number of carbonyl (C=O) groups excluding carboxylic acids is 1. The van der Waals surface area contributed by atoms with Crippen LogP contribution in [0, 0.1) is 5.82 Å². The summed E-state index contributed by atoms with van der Waals surface area (Å²) in [5, 5.41) is 3.80. The van der Waals surface area contributed by atoms with E-state index in [2.05, 4.69) is 10.3 Å². The molecule has 154 valence electrons. The number of methoxy groups -OCH3 is 1. The van der Waals surface area contributed by atoms with E-state index in [4.69, 9.17) is 22.1 Å². The van der Waals surface area contributed by atoms with E-state index in [9.17, 15) is 4.79 Å². The van der Waals surface area contributed by atoms with Gasteiger partial charge in [0.25, 0.3) is 5.91 Å². The molecule has 1 saturated carbocycles. The summed E-state index contributed by atoms with van der Waals surface area (Å²) < 4.78 is 21.0. The number of carbonyl (C=O) groups is 1. The van der Waals surface area contributed by atoms with Crippen LogP contribution in [-0.2, 0) is 10.2 Å². The van der Waals surface area contributed by atoms with Gasteiger partial charge in [-0.1, -0.05) is 11.6 Å². The molecule has 2 heterocycles. The number of fused-ring (bicyclic) bond motifs is 2. The Balaban J connectivity index is 1.85. The van der Waals surface area contributed by atoms with Gasteiger partial charge in [-0.2, -0.15) is 0 Å². The number of halogens is 2. The fourth-order valence-corrected chi connectivity index (χ4v) is 4.98. The van der Waals surface area contributed by atoms with Crippen molar-refractivity contribution in [1.82, 2.24) is 9.88 Å². The Morgan fingerprint density at radius 3 is 2.83 bits per heavy atom. The van der Waals surface area contributed by atoms with Gasteiger partial charge >= 0.3 is 0 Å². The highest BCUT2D eigenvalue weighted by Gasteiger charge is 2.47. The summed E-state index contributed by atoms with van der Waals surface area (Å²) in [6.45, 7) is 0.729. The number of nitrogen functional groups attached to an aromatic ring is 1. The Bertz CT molecular complexity index is 997. The zero-order valence-electron chi connectivity index (χ0n) is 16.7. The summed E-state index contributed by atoms with van der Waals surface area (Å²) in [4.78, 5) is 18.3. The van der Waals surface area contributed by atoms with Crippen LogP contribution in [0.4, 0.5) is 15.9 Å². The minimum atomic E-state index is -0.687. The van der Waals surface area contributed by atoms with Gasteiger partial charge in [-0.3, -0.25) is 4.79 Å². The molecule has 1 aromatic heterocycles. The molecule has 2 unspecified atom stereocenters. The number of aromatic nitrogens is 1. The third kappa shape index (κ3) is 3.04. The minimum Gasteiger partial charge on any atom is -0.398 e. The van der Waals surface area contributed by atoms with Gasteiger partial charge in [0.1, 0.15) is 11.6 Å². The van der Waals surface area contributed by atoms with Crippen LogP contribution in [-0.4, -0.2) is 49.6 Å². The lowest BCUT2D eigenvalue weighted by atomic mass is 9.80. The number of rotatable bonds is 3. The maximum Gasteiger partial charge on any atom is 0.258 e. The standard InChI is InChI=1S/C21H24ClFN4O2/c1-27(2)20(28)15-14(24)5-4-12(18(15)23)13-9-25-19-16(17(13)22)21(10-26-19)7-6-11(8-21)29-3/h4-5,9,11H,6-8,10,24H2,1-3H3,(H,25,26). The van der Waals surface area contributed by atoms with Crippen molar-refractivity contribution in [2.75, 3.05) is 38.8 Å². The molecule has 2 aliphatic rings. The first-order valence-corrected chi connectivity index (χ1v) is 9.92. The van der Waals surface area contributed by atoms with Crippen LogP contribution < -0.4 is 11.1 Å². The quantitative estimate of drug-likeness (QED) is 0.743. The second-order valence-corrected chi connectivity index (χ2v) is 8.41. The van der Waals surface area contributed by atoms with Crippen LogP contribution in [0.1, 0.15) is 35.2 Å². The number of amides is 1. The van der Waals surface area contributed by atoms with Gasteiger partial charge in [0.15, 0.2) is 0 Å². The smallest absolute Gasteiger partial charge is 0.258 e. The van der Waals surface area contributed by atoms with Crippen molar-refractivity contribution in [1.29, 1.82) is 0 Å². The summed E-state index contributed by atoms with van der Waals surface area (Å²) in [6, 6.07) is 3.08. The average Bonchev–Trinajstić information content (AvgIpc) is 3.27. The van der Waals surface area contributed by atoms with Gasteiger partial charge in [0, 0.05) is 61.7 Å².